The topological polar surface area (TPSA) is 70.3 Å². The number of aliphatic hydroxyl groups is 2. The van der Waals surface area contributed by atoms with E-state index >= 15 is 0 Å². The number of nitrogens with one attached hydrogen (secondary N) is 1. The fourth-order valence-corrected chi connectivity index (χ4v) is 2.41. The summed E-state index contributed by atoms with van der Waals surface area (Å²) in [4.78, 5) is 0. The lowest BCUT2D eigenvalue weighted by Crippen LogP contribution is -2.23. The largest absolute Gasteiger partial charge is 0.394 e. The van der Waals surface area contributed by atoms with Gasteiger partial charge in [-0.05, 0) is 39.7 Å². The average molecular weight is 269 g/mol. The van der Waals surface area contributed by atoms with Crippen molar-refractivity contribution in [3.05, 3.63) is 17.0 Å². The molecule has 0 fully saturated rings. The first-order valence-corrected chi connectivity index (χ1v) is 6.98. The van der Waals surface area contributed by atoms with Gasteiger partial charge < -0.3 is 15.5 Å². The highest BCUT2D eigenvalue weighted by molar-refractivity contribution is 5.24. The minimum absolute atomic E-state index is 0.111. The van der Waals surface area contributed by atoms with E-state index in [0.717, 1.165) is 30.9 Å². The van der Waals surface area contributed by atoms with Crippen LogP contribution >= 0.6 is 0 Å². The van der Waals surface area contributed by atoms with E-state index in [1.807, 2.05) is 25.5 Å². The predicted octanol–water partition coefficient (Wildman–Crippen LogP) is 0.989. The number of hydrogen-bond donors (Lipinski definition) is 3. The molecule has 2 atom stereocenters. The minimum Gasteiger partial charge on any atom is -0.394 e. The molecule has 5 heteroatoms. The smallest absolute Gasteiger partial charge is 0.0644 e. The summed E-state index contributed by atoms with van der Waals surface area (Å²) in [5.74, 6) is 0.452. The van der Waals surface area contributed by atoms with E-state index in [9.17, 15) is 5.11 Å². The maximum absolute atomic E-state index is 9.32. The molecule has 0 spiro atoms. The zero-order chi connectivity index (χ0) is 14.4. The minimum atomic E-state index is -0.243. The summed E-state index contributed by atoms with van der Waals surface area (Å²) in [6, 6.07) is 0. The fraction of sp³-hybridized carbons (Fsp3) is 0.786. The molecule has 0 aliphatic carbocycles. The maximum Gasteiger partial charge on any atom is 0.0644 e. The van der Waals surface area contributed by atoms with Crippen molar-refractivity contribution in [2.45, 2.75) is 53.3 Å². The van der Waals surface area contributed by atoms with Crippen molar-refractivity contribution in [2.24, 2.45) is 5.92 Å². The molecule has 0 amide bonds. The molecule has 0 bridgehead atoms. The lowest BCUT2D eigenvalue weighted by atomic mass is 10.0. The van der Waals surface area contributed by atoms with Crippen LogP contribution in [0.5, 0.6) is 0 Å². The van der Waals surface area contributed by atoms with Gasteiger partial charge >= 0.3 is 0 Å². The van der Waals surface area contributed by atoms with Crippen LogP contribution in [0.2, 0.25) is 0 Å². The molecular formula is C14H27N3O2. The quantitative estimate of drug-likeness (QED) is 0.658. The number of hydrogen-bond acceptors (Lipinski definition) is 4. The van der Waals surface area contributed by atoms with Gasteiger partial charge in [0.2, 0.25) is 0 Å². The number of nitrogens with zero attached hydrogens (tertiary/aromatic N) is 2. The molecule has 0 radical (unpaired) electrons. The van der Waals surface area contributed by atoms with Crippen LogP contribution in [0.1, 0.15) is 37.2 Å². The molecule has 5 nitrogen and oxygen atoms in total. The van der Waals surface area contributed by atoms with Crippen molar-refractivity contribution >= 4 is 0 Å². The van der Waals surface area contributed by atoms with Crippen molar-refractivity contribution in [3.63, 3.8) is 0 Å². The summed E-state index contributed by atoms with van der Waals surface area (Å²) >= 11 is 0. The Morgan fingerprint density at radius 1 is 1.32 bits per heavy atom. The molecule has 1 aromatic heterocycles. The molecule has 1 rings (SSSR count). The van der Waals surface area contributed by atoms with Crippen LogP contribution in [-0.2, 0) is 13.1 Å². The molecule has 0 saturated heterocycles. The van der Waals surface area contributed by atoms with E-state index in [2.05, 4.69) is 17.3 Å². The second kappa shape index (κ2) is 7.62. The van der Waals surface area contributed by atoms with Gasteiger partial charge in [0.1, 0.15) is 0 Å². The molecule has 1 heterocycles. The Morgan fingerprint density at radius 2 is 2.00 bits per heavy atom. The first-order valence-electron chi connectivity index (χ1n) is 6.98. The number of rotatable bonds is 8. The van der Waals surface area contributed by atoms with Gasteiger partial charge in [0.15, 0.2) is 0 Å². The Bertz CT molecular complexity index is 388. The Balaban J connectivity index is 2.49. The lowest BCUT2D eigenvalue weighted by molar-refractivity contribution is 0.163. The first kappa shape index (κ1) is 16.1. The van der Waals surface area contributed by atoms with Crippen molar-refractivity contribution < 1.29 is 10.2 Å². The van der Waals surface area contributed by atoms with E-state index in [1.165, 1.54) is 5.56 Å². The van der Waals surface area contributed by atoms with Crippen molar-refractivity contribution in [2.75, 3.05) is 13.2 Å². The van der Waals surface area contributed by atoms with Crippen molar-refractivity contribution in [1.82, 2.24) is 15.1 Å². The highest BCUT2D eigenvalue weighted by Gasteiger charge is 2.11. The van der Waals surface area contributed by atoms with Gasteiger partial charge in [0, 0.05) is 17.8 Å². The maximum atomic E-state index is 9.32. The monoisotopic (exact) mass is 269 g/mol. The van der Waals surface area contributed by atoms with Gasteiger partial charge in [-0.2, -0.15) is 5.10 Å². The summed E-state index contributed by atoms with van der Waals surface area (Å²) in [5, 5.41) is 26.1. The molecular weight excluding hydrogens is 242 g/mol. The van der Waals surface area contributed by atoms with Crippen LogP contribution < -0.4 is 5.32 Å². The van der Waals surface area contributed by atoms with Gasteiger partial charge in [-0.25, -0.2) is 0 Å². The third kappa shape index (κ3) is 4.93. The van der Waals surface area contributed by atoms with Gasteiger partial charge in [-0.15, -0.1) is 0 Å². The summed E-state index contributed by atoms with van der Waals surface area (Å²) in [7, 11) is 0. The number of aliphatic hydroxyl groups excluding tert-OH is 2. The third-order valence-corrected chi connectivity index (χ3v) is 3.38. The molecule has 0 aliphatic rings. The molecule has 1 aromatic rings. The van der Waals surface area contributed by atoms with E-state index in [-0.39, 0.29) is 12.7 Å². The van der Waals surface area contributed by atoms with Crippen LogP contribution in [0.15, 0.2) is 0 Å². The van der Waals surface area contributed by atoms with Crippen LogP contribution in [0, 0.1) is 19.8 Å². The molecule has 0 aromatic carbocycles. The SMILES string of the molecule is Cc1nn(CCO)c(C)c1CNCC(C)CC(C)O. The van der Waals surface area contributed by atoms with E-state index in [1.54, 1.807) is 0 Å². The van der Waals surface area contributed by atoms with Crippen molar-refractivity contribution in [3.8, 4) is 0 Å². The van der Waals surface area contributed by atoms with Gasteiger partial charge in [0.25, 0.3) is 0 Å². The lowest BCUT2D eigenvalue weighted by Gasteiger charge is -2.14. The van der Waals surface area contributed by atoms with Crippen molar-refractivity contribution in [1.29, 1.82) is 0 Å². The second-order valence-electron chi connectivity index (χ2n) is 5.42. The van der Waals surface area contributed by atoms with Crippen LogP contribution in [-0.4, -0.2) is 39.2 Å². The van der Waals surface area contributed by atoms with Crippen LogP contribution in [0.25, 0.3) is 0 Å². The van der Waals surface area contributed by atoms with Gasteiger partial charge in [0.05, 0.1) is 24.9 Å². The van der Waals surface area contributed by atoms with Crippen LogP contribution in [0.3, 0.4) is 0 Å². The summed E-state index contributed by atoms with van der Waals surface area (Å²) < 4.78 is 1.85. The van der Waals surface area contributed by atoms with Gasteiger partial charge in [-0.1, -0.05) is 6.92 Å². The third-order valence-electron chi connectivity index (χ3n) is 3.38. The summed E-state index contributed by atoms with van der Waals surface area (Å²) in [5.41, 5.74) is 3.33. The van der Waals surface area contributed by atoms with E-state index in [4.69, 9.17) is 5.11 Å². The normalized spacial score (nSPS) is 14.6. The molecule has 0 saturated carbocycles. The highest BCUT2D eigenvalue weighted by Crippen LogP contribution is 2.13. The summed E-state index contributed by atoms with van der Waals surface area (Å²) in [6.07, 6.45) is 0.571. The standard InChI is InChI=1S/C14H27N3O2/c1-10(7-11(2)19)8-15-9-14-12(3)16-17(5-6-18)13(14)4/h10-11,15,18-19H,5-9H2,1-4H3. The van der Waals surface area contributed by atoms with E-state index in [0.29, 0.717) is 12.5 Å². The number of aryl methyl sites for hydroxylation is 1. The Hall–Kier alpha value is -0.910. The zero-order valence-electron chi connectivity index (χ0n) is 12.5. The Labute approximate surface area is 115 Å². The highest BCUT2D eigenvalue weighted by atomic mass is 16.3. The molecule has 0 aliphatic heterocycles. The average Bonchev–Trinajstić information content (AvgIpc) is 2.56. The first-order chi connectivity index (χ1) is 8.95. The number of aromatic nitrogens is 2. The second-order valence-corrected chi connectivity index (χ2v) is 5.42. The fourth-order valence-electron chi connectivity index (χ4n) is 2.41. The molecule has 110 valence electrons. The Morgan fingerprint density at radius 3 is 2.58 bits per heavy atom. The molecule has 2 unspecified atom stereocenters. The van der Waals surface area contributed by atoms with Gasteiger partial charge in [-0.3, -0.25) is 4.68 Å². The van der Waals surface area contributed by atoms with E-state index < -0.39 is 0 Å². The summed E-state index contributed by atoms with van der Waals surface area (Å²) in [6.45, 7) is 10.3. The molecule has 19 heavy (non-hydrogen) atoms. The Kier molecular flexibility index (Phi) is 6.48. The zero-order valence-corrected chi connectivity index (χ0v) is 12.5. The predicted molar refractivity (Wildman–Crippen MR) is 76.0 cm³/mol. The van der Waals surface area contributed by atoms with Crippen LogP contribution in [0.4, 0.5) is 0 Å². The molecule has 3 N–H and O–H groups in total.